The van der Waals surface area contributed by atoms with Crippen LogP contribution in [0, 0.1) is 11.3 Å². The average molecular weight is 314 g/mol. The van der Waals surface area contributed by atoms with Crippen molar-refractivity contribution >= 4 is 21.4 Å². The highest BCUT2D eigenvalue weighted by atomic mass is 32.2. The van der Waals surface area contributed by atoms with Crippen molar-refractivity contribution in [2.24, 2.45) is 0 Å². The molecule has 0 saturated carbocycles. The number of hydrogen-bond acceptors (Lipinski definition) is 5. The minimum absolute atomic E-state index is 0.172. The first-order valence-corrected chi connectivity index (χ1v) is 8.16. The molecule has 0 bridgehead atoms. The molecule has 112 valence electrons. The minimum Gasteiger partial charge on any atom is -0.371 e. The van der Waals surface area contributed by atoms with E-state index >= 15 is 0 Å². The molecule has 22 heavy (non-hydrogen) atoms. The summed E-state index contributed by atoms with van der Waals surface area (Å²) in [5, 5.41) is 8.82. The van der Waals surface area contributed by atoms with E-state index in [0.717, 1.165) is 5.69 Å². The molecule has 6 nitrogen and oxygen atoms in total. The number of fused-ring (bicyclic) bond motifs is 1. The van der Waals surface area contributed by atoms with Crippen molar-refractivity contribution in [2.45, 2.75) is 4.90 Å². The zero-order valence-electron chi connectivity index (χ0n) is 12.0. The molecule has 2 heterocycles. The molecule has 7 heteroatoms. The van der Waals surface area contributed by atoms with Gasteiger partial charge in [-0.15, -0.1) is 0 Å². The number of pyridine rings is 1. The molecular weight excluding hydrogens is 300 g/mol. The third-order valence-electron chi connectivity index (χ3n) is 3.67. The highest BCUT2D eigenvalue weighted by Gasteiger charge is 2.30. The SMILES string of the molecule is CN1CCN(S(=O)(=O)c2ccc(C#N)cc2)c2cnccc21. The van der Waals surface area contributed by atoms with E-state index < -0.39 is 10.0 Å². The van der Waals surface area contributed by atoms with E-state index in [-0.39, 0.29) is 4.90 Å². The van der Waals surface area contributed by atoms with Crippen molar-refractivity contribution in [1.29, 1.82) is 5.26 Å². The summed E-state index contributed by atoms with van der Waals surface area (Å²) >= 11 is 0. The second-order valence-electron chi connectivity index (χ2n) is 5.00. The fourth-order valence-corrected chi connectivity index (χ4v) is 3.91. The molecule has 1 aliphatic rings. The van der Waals surface area contributed by atoms with Gasteiger partial charge >= 0.3 is 0 Å². The number of rotatable bonds is 2. The minimum atomic E-state index is -3.67. The van der Waals surface area contributed by atoms with Crippen molar-refractivity contribution in [3.8, 4) is 6.07 Å². The Bertz CT molecular complexity index is 841. The Kier molecular flexibility index (Phi) is 3.47. The van der Waals surface area contributed by atoms with Gasteiger partial charge in [-0.2, -0.15) is 5.26 Å². The second kappa shape index (κ2) is 5.31. The summed E-state index contributed by atoms with van der Waals surface area (Å²) in [6.45, 7) is 0.962. The molecule has 0 spiro atoms. The highest BCUT2D eigenvalue weighted by molar-refractivity contribution is 7.92. The Morgan fingerprint density at radius 1 is 1.14 bits per heavy atom. The molecule has 2 aromatic rings. The standard InChI is InChI=1S/C15H14N4O2S/c1-18-8-9-19(15-11-17-7-6-14(15)18)22(20,21)13-4-2-12(10-16)3-5-13/h2-7,11H,8-9H2,1H3. The molecule has 3 rings (SSSR count). The Labute approximate surface area is 129 Å². The Morgan fingerprint density at radius 3 is 2.55 bits per heavy atom. The number of benzene rings is 1. The monoisotopic (exact) mass is 314 g/mol. The van der Waals surface area contributed by atoms with Crippen molar-refractivity contribution in [3.05, 3.63) is 48.3 Å². The van der Waals surface area contributed by atoms with Gasteiger partial charge in [-0.3, -0.25) is 9.29 Å². The Morgan fingerprint density at radius 2 is 1.86 bits per heavy atom. The first kappa shape index (κ1) is 14.4. The van der Waals surface area contributed by atoms with Gasteiger partial charge in [0.25, 0.3) is 10.0 Å². The van der Waals surface area contributed by atoms with Crippen LogP contribution in [0.1, 0.15) is 5.56 Å². The predicted octanol–water partition coefficient (Wildman–Crippen LogP) is 1.60. The maximum atomic E-state index is 12.9. The first-order valence-electron chi connectivity index (χ1n) is 6.72. The molecule has 1 aromatic carbocycles. The van der Waals surface area contributed by atoms with Gasteiger partial charge in [0.1, 0.15) is 0 Å². The fraction of sp³-hybridized carbons (Fsp3) is 0.200. The molecular formula is C15H14N4O2S. The van der Waals surface area contributed by atoms with Gasteiger partial charge in [-0.05, 0) is 30.3 Å². The van der Waals surface area contributed by atoms with Gasteiger partial charge in [0.15, 0.2) is 0 Å². The van der Waals surface area contributed by atoms with E-state index in [1.165, 1.54) is 28.6 Å². The predicted molar refractivity (Wildman–Crippen MR) is 83.2 cm³/mol. The van der Waals surface area contributed by atoms with E-state index in [1.807, 2.05) is 18.0 Å². The number of sulfonamides is 1. The van der Waals surface area contributed by atoms with Crippen LogP contribution in [0.3, 0.4) is 0 Å². The quantitative estimate of drug-likeness (QED) is 0.841. The lowest BCUT2D eigenvalue weighted by molar-refractivity contribution is 0.589. The molecule has 0 atom stereocenters. The molecule has 0 saturated heterocycles. The summed E-state index contributed by atoms with van der Waals surface area (Å²) in [4.78, 5) is 6.22. The van der Waals surface area contributed by atoms with Gasteiger partial charge in [0, 0.05) is 19.8 Å². The lowest BCUT2D eigenvalue weighted by atomic mass is 10.2. The third-order valence-corrected chi connectivity index (χ3v) is 5.50. The maximum absolute atomic E-state index is 12.9. The Hall–Kier alpha value is -2.59. The van der Waals surface area contributed by atoms with Gasteiger partial charge < -0.3 is 4.90 Å². The first-order chi connectivity index (χ1) is 10.5. The van der Waals surface area contributed by atoms with Crippen molar-refractivity contribution in [2.75, 3.05) is 29.3 Å². The van der Waals surface area contributed by atoms with Crippen LogP contribution in [0.5, 0.6) is 0 Å². The smallest absolute Gasteiger partial charge is 0.264 e. The van der Waals surface area contributed by atoms with Gasteiger partial charge in [-0.1, -0.05) is 0 Å². The summed E-state index contributed by atoms with van der Waals surface area (Å²) in [6.07, 6.45) is 3.21. The van der Waals surface area contributed by atoms with Crippen LogP contribution >= 0.6 is 0 Å². The van der Waals surface area contributed by atoms with E-state index in [9.17, 15) is 8.42 Å². The Balaban J connectivity index is 2.06. The van der Waals surface area contributed by atoms with Gasteiger partial charge in [0.2, 0.25) is 0 Å². The van der Waals surface area contributed by atoms with Gasteiger partial charge in [-0.25, -0.2) is 8.42 Å². The van der Waals surface area contributed by atoms with Crippen LogP contribution in [0.15, 0.2) is 47.6 Å². The lowest BCUT2D eigenvalue weighted by Gasteiger charge is -2.35. The van der Waals surface area contributed by atoms with E-state index in [4.69, 9.17) is 5.26 Å². The zero-order chi connectivity index (χ0) is 15.7. The van der Waals surface area contributed by atoms with Gasteiger partial charge in [0.05, 0.1) is 40.6 Å². The van der Waals surface area contributed by atoms with Crippen molar-refractivity contribution in [1.82, 2.24) is 4.98 Å². The zero-order valence-corrected chi connectivity index (χ0v) is 12.8. The van der Waals surface area contributed by atoms with Crippen LogP contribution in [0.4, 0.5) is 11.4 Å². The lowest BCUT2D eigenvalue weighted by Crippen LogP contribution is -2.42. The summed E-state index contributed by atoms with van der Waals surface area (Å²) < 4.78 is 27.1. The molecule has 0 N–H and O–H groups in total. The molecule has 0 amide bonds. The number of anilines is 2. The molecule has 0 aliphatic carbocycles. The highest BCUT2D eigenvalue weighted by Crippen LogP contribution is 2.34. The second-order valence-corrected chi connectivity index (χ2v) is 6.86. The van der Waals surface area contributed by atoms with Crippen molar-refractivity contribution < 1.29 is 8.42 Å². The number of aromatic nitrogens is 1. The largest absolute Gasteiger partial charge is 0.371 e. The number of nitrogens with zero attached hydrogens (tertiary/aromatic N) is 4. The summed E-state index contributed by atoms with van der Waals surface area (Å²) in [7, 11) is -1.75. The number of nitriles is 1. The van der Waals surface area contributed by atoms with Crippen LogP contribution in [-0.2, 0) is 10.0 Å². The van der Waals surface area contributed by atoms with Crippen LogP contribution in [0.25, 0.3) is 0 Å². The third kappa shape index (κ3) is 2.27. The van der Waals surface area contributed by atoms with E-state index in [2.05, 4.69) is 4.98 Å². The van der Waals surface area contributed by atoms with Crippen LogP contribution < -0.4 is 9.21 Å². The normalized spacial score (nSPS) is 14.4. The summed E-state index contributed by atoms with van der Waals surface area (Å²) in [6, 6.07) is 9.72. The van der Waals surface area contributed by atoms with Crippen LogP contribution in [-0.4, -0.2) is 33.5 Å². The number of hydrogen-bond donors (Lipinski definition) is 0. The molecule has 1 aliphatic heterocycles. The molecule has 1 aromatic heterocycles. The van der Waals surface area contributed by atoms with Crippen molar-refractivity contribution in [3.63, 3.8) is 0 Å². The number of likely N-dealkylation sites (N-methyl/N-ethyl adjacent to an activating group) is 1. The molecule has 0 radical (unpaired) electrons. The topological polar surface area (TPSA) is 77.3 Å². The fourth-order valence-electron chi connectivity index (χ4n) is 2.45. The van der Waals surface area contributed by atoms with E-state index in [1.54, 1.807) is 18.5 Å². The average Bonchev–Trinajstić information content (AvgIpc) is 2.55. The summed E-state index contributed by atoms with van der Waals surface area (Å²) in [5.74, 6) is 0. The maximum Gasteiger partial charge on any atom is 0.264 e. The summed E-state index contributed by atoms with van der Waals surface area (Å²) in [5.41, 5.74) is 1.83. The van der Waals surface area contributed by atoms with Crippen LogP contribution in [0.2, 0.25) is 0 Å². The molecule has 0 unspecified atom stereocenters. The molecule has 0 fully saturated rings. The van der Waals surface area contributed by atoms with E-state index in [0.29, 0.717) is 24.3 Å².